The van der Waals surface area contributed by atoms with Crippen LogP contribution in [0.2, 0.25) is 0 Å². The summed E-state index contributed by atoms with van der Waals surface area (Å²) in [5.74, 6) is -0.487. The van der Waals surface area contributed by atoms with Gasteiger partial charge in [-0.15, -0.1) is 0 Å². The molecule has 2 unspecified atom stereocenters. The summed E-state index contributed by atoms with van der Waals surface area (Å²) in [6.07, 6.45) is 7.79. The zero-order valence-corrected chi connectivity index (χ0v) is 27.6. The maximum absolute atomic E-state index is 14.3. The topological polar surface area (TPSA) is 114 Å². The highest BCUT2D eigenvalue weighted by Crippen LogP contribution is 2.25. The molecule has 0 saturated heterocycles. The van der Waals surface area contributed by atoms with Gasteiger partial charge in [0.15, 0.2) is 0 Å². The molecule has 9 nitrogen and oxygen atoms in total. The van der Waals surface area contributed by atoms with Crippen molar-refractivity contribution in [2.75, 3.05) is 31.7 Å². The summed E-state index contributed by atoms with van der Waals surface area (Å²) in [7, 11) is 0. The van der Waals surface area contributed by atoms with Crippen molar-refractivity contribution < 1.29 is 28.7 Å². The highest BCUT2D eigenvalue weighted by Gasteiger charge is 2.36. The van der Waals surface area contributed by atoms with Gasteiger partial charge in [-0.2, -0.15) is 11.8 Å². The van der Waals surface area contributed by atoms with Gasteiger partial charge in [0.05, 0.1) is 13.0 Å². The molecule has 2 atom stereocenters. The Balaban J connectivity index is 3.38. The number of nitrogens with one attached hydrogen (secondary N) is 2. The summed E-state index contributed by atoms with van der Waals surface area (Å²) in [5.41, 5.74) is 0.964. The Morgan fingerprint density at radius 2 is 1.62 bits per heavy atom. The standard InChI is InChI=1S/C32H53N3O6S/c1-8-10-11-12-13-14-22-35(30(38)26(20-23-42-7)34-31(39)41-32(4,5)6)28(25-17-15-24(3)16-18-25)29(37)33-21-19-27(36)40-9-2/h15-18,26,28H,8-14,19-23H2,1-7H3,(H,33,37)(H,34,39). The lowest BCUT2D eigenvalue weighted by molar-refractivity contribution is -0.144. The van der Waals surface area contributed by atoms with Crippen molar-refractivity contribution in [2.45, 2.75) is 111 Å². The third-order valence-electron chi connectivity index (χ3n) is 6.52. The number of aryl methyl sites for hydroxylation is 1. The molecular formula is C32H53N3O6S. The molecule has 0 spiro atoms. The minimum Gasteiger partial charge on any atom is -0.466 e. The highest BCUT2D eigenvalue weighted by atomic mass is 32.2. The van der Waals surface area contributed by atoms with Crippen molar-refractivity contribution in [2.24, 2.45) is 0 Å². The number of benzene rings is 1. The lowest BCUT2D eigenvalue weighted by Crippen LogP contribution is -2.53. The maximum atomic E-state index is 14.3. The molecule has 0 aliphatic carbocycles. The van der Waals surface area contributed by atoms with Crippen molar-refractivity contribution in [3.05, 3.63) is 35.4 Å². The molecule has 2 N–H and O–H groups in total. The first-order valence-corrected chi connectivity index (χ1v) is 16.6. The van der Waals surface area contributed by atoms with E-state index >= 15 is 0 Å². The molecule has 42 heavy (non-hydrogen) atoms. The largest absolute Gasteiger partial charge is 0.466 e. The number of rotatable bonds is 19. The normalized spacial score (nSPS) is 12.6. The molecule has 0 bridgehead atoms. The molecule has 0 fully saturated rings. The van der Waals surface area contributed by atoms with Crippen LogP contribution in [0, 0.1) is 6.92 Å². The number of hydrogen-bond acceptors (Lipinski definition) is 7. The number of carbonyl (C=O) groups excluding carboxylic acids is 4. The number of hydrogen-bond donors (Lipinski definition) is 2. The molecule has 0 aromatic heterocycles. The van der Waals surface area contributed by atoms with Crippen molar-refractivity contribution in [3.8, 4) is 0 Å². The summed E-state index contributed by atoms with van der Waals surface area (Å²) in [6.45, 7) is 11.9. The monoisotopic (exact) mass is 607 g/mol. The second-order valence-corrected chi connectivity index (χ2v) is 12.4. The number of esters is 1. The molecule has 0 heterocycles. The van der Waals surface area contributed by atoms with Crippen LogP contribution < -0.4 is 10.6 Å². The minimum absolute atomic E-state index is 0.0299. The SMILES string of the molecule is CCCCCCCCN(C(=O)C(CCSC)NC(=O)OC(C)(C)C)C(C(=O)NCCC(=O)OCC)c1ccc(C)cc1. The molecule has 10 heteroatoms. The number of unbranched alkanes of at least 4 members (excludes halogenated alkanes) is 5. The third kappa shape index (κ3) is 14.9. The Morgan fingerprint density at radius 3 is 2.21 bits per heavy atom. The molecule has 1 aromatic carbocycles. The molecule has 0 aliphatic heterocycles. The van der Waals surface area contributed by atoms with E-state index in [1.165, 1.54) is 0 Å². The van der Waals surface area contributed by atoms with E-state index in [1.807, 2.05) is 37.4 Å². The van der Waals surface area contributed by atoms with E-state index in [1.54, 1.807) is 44.4 Å². The van der Waals surface area contributed by atoms with E-state index in [2.05, 4.69) is 17.6 Å². The van der Waals surface area contributed by atoms with E-state index in [4.69, 9.17) is 9.47 Å². The first-order valence-electron chi connectivity index (χ1n) is 15.2. The number of alkyl carbamates (subject to hydrolysis) is 1. The maximum Gasteiger partial charge on any atom is 0.408 e. The van der Waals surface area contributed by atoms with E-state index in [0.717, 1.165) is 44.1 Å². The van der Waals surface area contributed by atoms with Gasteiger partial charge in [0.1, 0.15) is 17.7 Å². The predicted octanol–water partition coefficient (Wildman–Crippen LogP) is 5.94. The summed E-state index contributed by atoms with van der Waals surface area (Å²) in [6, 6.07) is 5.72. The molecule has 0 radical (unpaired) electrons. The third-order valence-corrected chi connectivity index (χ3v) is 7.17. The average molecular weight is 608 g/mol. The quantitative estimate of drug-likeness (QED) is 0.148. The lowest BCUT2D eigenvalue weighted by atomic mass is 10.00. The molecular weight excluding hydrogens is 554 g/mol. The van der Waals surface area contributed by atoms with Crippen LogP contribution in [0.5, 0.6) is 0 Å². The molecule has 238 valence electrons. The number of thioether (sulfide) groups is 1. The van der Waals surface area contributed by atoms with Crippen LogP contribution in [0.3, 0.4) is 0 Å². The van der Waals surface area contributed by atoms with Gasteiger partial charge in [0.25, 0.3) is 0 Å². The van der Waals surface area contributed by atoms with E-state index in [9.17, 15) is 19.2 Å². The van der Waals surface area contributed by atoms with E-state index < -0.39 is 29.7 Å². The van der Waals surface area contributed by atoms with Crippen LogP contribution in [0.15, 0.2) is 24.3 Å². The van der Waals surface area contributed by atoms with Gasteiger partial charge in [0.2, 0.25) is 11.8 Å². The van der Waals surface area contributed by atoms with Gasteiger partial charge in [-0.3, -0.25) is 14.4 Å². The van der Waals surface area contributed by atoms with Crippen molar-refractivity contribution >= 4 is 35.6 Å². The van der Waals surface area contributed by atoms with Crippen LogP contribution in [0.25, 0.3) is 0 Å². The van der Waals surface area contributed by atoms with Crippen molar-refractivity contribution in [3.63, 3.8) is 0 Å². The van der Waals surface area contributed by atoms with Crippen LogP contribution in [0.4, 0.5) is 4.79 Å². The fraction of sp³-hybridized carbons (Fsp3) is 0.688. The van der Waals surface area contributed by atoms with Gasteiger partial charge in [-0.05, 0) is 65.0 Å². The first-order chi connectivity index (χ1) is 19.9. The summed E-state index contributed by atoms with van der Waals surface area (Å²) in [5, 5.41) is 5.62. The Bertz CT molecular complexity index is 964. The van der Waals surface area contributed by atoms with Crippen molar-refractivity contribution in [1.29, 1.82) is 0 Å². The number of ether oxygens (including phenoxy) is 2. The zero-order valence-electron chi connectivity index (χ0n) is 26.8. The second-order valence-electron chi connectivity index (χ2n) is 11.4. The van der Waals surface area contributed by atoms with Crippen LogP contribution >= 0.6 is 11.8 Å². The summed E-state index contributed by atoms with van der Waals surface area (Å²) < 4.78 is 10.5. The van der Waals surface area contributed by atoms with Crippen molar-refractivity contribution in [1.82, 2.24) is 15.5 Å². The molecule has 1 rings (SSSR count). The minimum atomic E-state index is -0.937. The number of nitrogens with zero attached hydrogens (tertiary/aromatic N) is 1. The van der Waals surface area contributed by atoms with E-state index in [0.29, 0.717) is 24.3 Å². The average Bonchev–Trinajstić information content (AvgIpc) is 2.91. The fourth-order valence-corrected chi connectivity index (χ4v) is 4.88. The van der Waals surface area contributed by atoms with Crippen LogP contribution in [-0.4, -0.2) is 72.1 Å². The Morgan fingerprint density at radius 1 is 0.976 bits per heavy atom. The van der Waals surface area contributed by atoms with Gasteiger partial charge >= 0.3 is 12.1 Å². The van der Waals surface area contributed by atoms with Gasteiger partial charge in [-0.1, -0.05) is 68.9 Å². The summed E-state index contributed by atoms with van der Waals surface area (Å²) >= 11 is 1.57. The zero-order chi connectivity index (χ0) is 31.5. The van der Waals surface area contributed by atoms with Gasteiger partial charge in [0, 0.05) is 13.1 Å². The highest BCUT2D eigenvalue weighted by molar-refractivity contribution is 7.98. The lowest BCUT2D eigenvalue weighted by Gasteiger charge is -2.34. The fourth-order valence-electron chi connectivity index (χ4n) is 4.41. The molecule has 1 aromatic rings. The van der Waals surface area contributed by atoms with E-state index in [-0.39, 0.29) is 31.4 Å². The molecule has 3 amide bonds. The first kappa shape index (κ1) is 37.3. The van der Waals surface area contributed by atoms with Gasteiger partial charge in [-0.25, -0.2) is 4.79 Å². The number of carbonyl (C=O) groups is 4. The smallest absolute Gasteiger partial charge is 0.408 e. The van der Waals surface area contributed by atoms with Crippen LogP contribution in [-0.2, 0) is 23.9 Å². The predicted molar refractivity (Wildman–Crippen MR) is 169 cm³/mol. The Hall–Kier alpha value is -2.75. The second kappa shape index (κ2) is 20.2. The Kier molecular flexibility index (Phi) is 17.9. The summed E-state index contributed by atoms with van der Waals surface area (Å²) in [4.78, 5) is 54.3. The van der Waals surface area contributed by atoms with Gasteiger partial charge < -0.3 is 25.0 Å². The Labute approximate surface area is 257 Å². The van der Waals surface area contributed by atoms with Crippen LogP contribution in [0.1, 0.15) is 103 Å². The molecule has 0 aliphatic rings. The number of amides is 3. The molecule has 0 saturated carbocycles.